The Labute approximate surface area is 92.5 Å². The molecule has 78 valence electrons. The standard InChI is InChI=1S/C5H4N6O2S2/c12-3(1-2-6-10-11-7-2)13-4-8-9-5(14)15-4/h1H2,(H,9,14)(H,6,7,10,11). The van der Waals surface area contributed by atoms with Crippen molar-refractivity contribution in [2.75, 3.05) is 0 Å². The van der Waals surface area contributed by atoms with Crippen molar-refractivity contribution in [3.05, 3.63) is 5.82 Å². The third kappa shape index (κ3) is 2.70. The van der Waals surface area contributed by atoms with Crippen LogP contribution in [0.4, 0.5) is 0 Å². The maximum atomic E-state index is 11.3. The zero-order valence-corrected chi connectivity index (χ0v) is 8.83. The van der Waals surface area contributed by atoms with Crippen LogP contribution in [-0.4, -0.2) is 36.8 Å². The van der Waals surface area contributed by atoms with Crippen molar-refractivity contribution in [2.24, 2.45) is 0 Å². The van der Waals surface area contributed by atoms with Crippen molar-refractivity contribution < 1.29 is 9.53 Å². The summed E-state index contributed by atoms with van der Waals surface area (Å²) in [5.74, 6) is -0.186. The highest BCUT2D eigenvalue weighted by molar-refractivity contribution is 7.82. The number of carbonyl (C=O) groups excluding carboxylic acids is 1. The number of hydrogen-bond donors (Lipinski definition) is 2. The second-order valence-corrected chi connectivity index (χ2v) is 4.02. The molecule has 0 aliphatic rings. The Morgan fingerprint density at radius 1 is 1.47 bits per heavy atom. The van der Waals surface area contributed by atoms with E-state index in [2.05, 4.69) is 43.5 Å². The first kappa shape index (κ1) is 9.98. The summed E-state index contributed by atoms with van der Waals surface area (Å²) in [5.41, 5.74) is 0. The molecular formula is C5H4N6O2S2. The lowest BCUT2D eigenvalue weighted by Crippen LogP contribution is -2.12. The summed E-state index contributed by atoms with van der Waals surface area (Å²) in [6, 6.07) is 0. The highest BCUT2D eigenvalue weighted by atomic mass is 32.2. The van der Waals surface area contributed by atoms with E-state index in [-0.39, 0.29) is 11.6 Å². The third-order valence-electron chi connectivity index (χ3n) is 1.30. The number of H-pyrrole nitrogens is 1. The van der Waals surface area contributed by atoms with Crippen LogP contribution in [-0.2, 0) is 11.2 Å². The average molecular weight is 244 g/mol. The zero-order chi connectivity index (χ0) is 10.7. The number of esters is 1. The molecule has 1 N–H and O–H groups in total. The normalized spacial score (nSPS) is 10.2. The molecule has 15 heavy (non-hydrogen) atoms. The summed E-state index contributed by atoms with van der Waals surface area (Å²) in [7, 11) is 0. The van der Waals surface area contributed by atoms with Crippen molar-refractivity contribution in [3.63, 3.8) is 0 Å². The van der Waals surface area contributed by atoms with Gasteiger partial charge in [0.15, 0.2) is 10.2 Å². The molecule has 2 aromatic rings. The Morgan fingerprint density at radius 2 is 2.33 bits per heavy atom. The molecule has 0 bridgehead atoms. The molecule has 0 unspecified atom stereocenters. The summed E-state index contributed by atoms with van der Waals surface area (Å²) in [5, 5.41) is 19.9. The van der Waals surface area contributed by atoms with Gasteiger partial charge >= 0.3 is 11.2 Å². The van der Waals surface area contributed by atoms with Gasteiger partial charge in [0.1, 0.15) is 6.42 Å². The Kier molecular flexibility index (Phi) is 2.87. The Morgan fingerprint density at radius 3 is 2.93 bits per heavy atom. The van der Waals surface area contributed by atoms with Gasteiger partial charge in [0.2, 0.25) is 0 Å². The smallest absolute Gasteiger partial charge is 0.320 e. The number of thiol groups is 1. The Balaban J connectivity index is 1.93. The van der Waals surface area contributed by atoms with Gasteiger partial charge in [0, 0.05) is 0 Å². The first-order chi connectivity index (χ1) is 7.24. The van der Waals surface area contributed by atoms with Gasteiger partial charge in [0.05, 0.1) is 0 Å². The monoisotopic (exact) mass is 244 g/mol. The van der Waals surface area contributed by atoms with Crippen LogP contribution >= 0.6 is 24.0 Å². The Bertz CT molecular complexity index is 454. The molecule has 0 atom stereocenters. The van der Waals surface area contributed by atoms with Gasteiger partial charge in [-0.15, -0.1) is 22.8 Å². The van der Waals surface area contributed by atoms with Crippen LogP contribution in [0.25, 0.3) is 0 Å². The van der Waals surface area contributed by atoms with E-state index in [0.29, 0.717) is 10.2 Å². The fourth-order valence-electron chi connectivity index (χ4n) is 0.768. The third-order valence-corrected chi connectivity index (χ3v) is 2.27. The van der Waals surface area contributed by atoms with Crippen LogP contribution in [0.1, 0.15) is 5.82 Å². The number of hydrogen-bond acceptors (Lipinski definition) is 9. The number of carbonyl (C=O) groups is 1. The van der Waals surface area contributed by atoms with Crippen molar-refractivity contribution in [3.8, 4) is 5.19 Å². The lowest BCUT2D eigenvalue weighted by Gasteiger charge is -1.95. The van der Waals surface area contributed by atoms with Gasteiger partial charge in [-0.05, 0) is 21.8 Å². The number of ether oxygens (including phenoxy) is 1. The van der Waals surface area contributed by atoms with E-state index in [1.54, 1.807) is 0 Å². The van der Waals surface area contributed by atoms with Crippen LogP contribution in [0.3, 0.4) is 0 Å². The number of tetrazole rings is 1. The van der Waals surface area contributed by atoms with Gasteiger partial charge in [-0.25, -0.2) is 5.10 Å². The SMILES string of the molecule is O=C(Cc1nnn[nH]1)Oc1nnc(S)s1. The minimum atomic E-state index is -0.516. The molecule has 0 fully saturated rings. The fraction of sp³-hybridized carbons (Fsp3) is 0.200. The second-order valence-electron chi connectivity index (χ2n) is 2.35. The molecule has 10 heteroatoms. The van der Waals surface area contributed by atoms with E-state index in [9.17, 15) is 4.79 Å². The molecule has 0 aliphatic heterocycles. The maximum Gasteiger partial charge on any atom is 0.320 e. The Hall–Kier alpha value is -1.55. The van der Waals surface area contributed by atoms with E-state index < -0.39 is 5.97 Å². The van der Waals surface area contributed by atoms with Crippen LogP contribution in [0.15, 0.2) is 4.34 Å². The molecule has 0 saturated heterocycles. The van der Waals surface area contributed by atoms with E-state index >= 15 is 0 Å². The van der Waals surface area contributed by atoms with Crippen LogP contribution in [0, 0.1) is 0 Å². The summed E-state index contributed by atoms with van der Waals surface area (Å²) in [6.45, 7) is 0. The average Bonchev–Trinajstić information content (AvgIpc) is 2.77. The molecule has 0 saturated carbocycles. The van der Waals surface area contributed by atoms with Crippen LogP contribution in [0.5, 0.6) is 5.19 Å². The molecule has 0 amide bonds. The van der Waals surface area contributed by atoms with Gasteiger partial charge in [-0.3, -0.25) is 4.79 Å². The van der Waals surface area contributed by atoms with Crippen molar-refractivity contribution in [1.29, 1.82) is 0 Å². The van der Waals surface area contributed by atoms with E-state index in [0.717, 1.165) is 11.3 Å². The summed E-state index contributed by atoms with van der Waals surface area (Å²) >= 11 is 5.00. The number of aromatic amines is 1. The topological polar surface area (TPSA) is 107 Å². The predicted molar refractivity (Wildman–Crippen MR) is 50.7 cm³/mol. The molecule has 0 radical (unpaired) electrons. The quantitative estimate of drug-likeness (QED) is 0.553. The lowest BCUT2D eigenvalue weighted by molar-refractivity contribution is -0.133. The van der Waals surface area contributed by atoms with Crippen LogP contribution < -0.4 is 4.74 Å². The predicted octanol–water partition coefficient (Wildman–Crippen LogP) is -0.512. The van der Waals surface area contributed by atoms with Crippen molar-refractivity contribution >= 4 is 29.9 Å². The minimum Gasteiger partial charge on any atom is -0.396 e. The fourth-order valence-corrected chi connectivity index (χ4v) is 1.50. The number of nitrogens with zero attached hydrogens (tertiary/aromatic N) is 5. The molecule has 0 spiro atoms. The molecule has 2 heterocycles. The highest BCUT2D eigenvalue weighted by Crippen LogP contribution is 2.20. The van der Waals surface area contributed by atoms with Gasteiger partial charge in [-0.2, -0.15) is 0 Å². The largest absolute Gasteiger partial charge is 0.396 e. The van der Waals surface area contributed by atoms with Crippen LogP contribution in [0.2, 0.25) is 0 Å². The van der Waals surface area contributed by atoms with E-state index in [4.69, 9.17) is 4.74 Å². The number of aromatic nitrogens is 6. The molecule has 0 aromatic carbocycles. The lowest BCUT2D eigenvalue weighted by atomic mass is 10.4. The molecule has 2 rings (SSSR count). The number of nitrogens with one attached hydrogen (secondary N) is 1. The number of rotatable bonds is 3. The summed E-state index contributed by atoms with van der Waals surface area (Å²) < 4.78 is 5.28. The first-order valence-corrected chi connectivity index (χ1v) is 4.96. The summed E-state index contributed by atoms with van der Waals surface area (Å²) in [4.78, 5) is 11.3. The van der Waals surface area contributed by atoms with Crippen molar-refractivity contribution in [1.82, 2.24) is 30.8 Å². The molecule has 2 aromatic heterocycles. The zero-order valence-electron chi connectivity index (χ0n) is 7.12. The molecule has 0 aliphatic carbocycles. The first-order valence-electron chi connectivity index (χ1n) is 3.70. The minimum absolute atomic E-state index is 0.0471. The maximum absolute atomic E-state index is 11.3. The molecule has 8 nitrogen and oxygen atoms in total. The second kappa shape index (κ2) is 4.31. The summed E-state index contributed by atoms with van der Waals surface area (Å²) in [6.07, 6.45) is -0.0471. The van der Waals surface area contributed by atoms with E-state index in [1.165, 1.54) is 0 Å². The van der Waals surface area contributed by atoms with E-state index in [1.807, 2.05) is 0 Å². The highest BCUT2D eigenvalue weighted by Gasteiger charge is 2.11. The van der Waals surface area contributed by atoms with Crippen molar-refractivity contribution in [2.45, 2.75) is 10.8 Å². The molecular weight excluding hydrogens is 240 g/mol. The van der Waals surface area contributed by atoms with Gasteiger partial charge in [0.25, 0.3) is 0 Å². The van der Waals surface area contributed by atoms with Gasteiger partial charge < -0.3 is 4.74 Å². The van der Waals surface area contributed by atoms with Gasteiger partial charge in [-0.1, -0.05) is 5.10 Å².